The molecule has 9 heavy (non-hydrogen) atoms. The average Bonchev–Trinajstić information content (AvgIpc) is 1.59. The number of nitrogens with zero attached hydrogens (tertiary/aromatic N) is 1. The first-order valence-corrected chi connectivity index (χ1v) is 2.87. The fourth-order valence-electron chi connectivity index (χ4n) is 0.918. The van der Waals surface area contributed by atoms with Crippen molar-refractivity contribution in [1.82, 2.24) is 5.01 Å². The fourth-order valence-corrected chi connectivity index (χ4v) is 0.918. The third kappa shape index (κ3) is 1.37. The lowest BCUT2D eigenvalue weighted by molar-refractivity contribution is -0.120. The third-order valence-electron chi connectivity index (χ3n) is 1.64. The Morgan fingerprint density at radius 3 is 2.11 bits per heavy atom. The number of hydrazine groups is 1. The molecule has 2 N–H and O–H groups in total. The van der Waals surface area contributed by atoms with Gasteiger partial charge < -0.3 is 0 Å². The van der Waals surface area contributed by atoms with Gasteiger partial charge >= 0.3 is 0 Å². The molecule has 0 unspecified atom stereocenters. The maximum Gasteiger partial charge on any atom is 0.251 e. The molecule has 1 rings (SSSR count). The van der Waals surface area contributed by atoms with Gasteiger partial charge in [-0.3, -0.25) is 5.84 Å². The molecule has 0 aromatic carbocycles. The van der Waals surface area contributed by atoms with Gasteiger partial charge in [-0.1, -0.05) is 0 Å². The Morgan fingerprint density at radius 2 is 2.00 bits per heavy atom. The van der Waals surface area contributed by atoms with Gasteiger partial charge in [0.25, 0.3) is 5.92 Å². The lowest BCUT2D eigenvalue weighted by Gasteiger charge is -2.38. The highest BCUT2D eigenvalue weighted by atomic mass is 19.3. The Bertz CT molecular complexity index is 106. The number of hydrogen-bond donors (Lipinski definition) is 1. The molecule has 1 aliphatic carbocycles. The summed E-state index contributed by atoms with van der Waals surface area (Å²) in [6.07, 6.45) is -0.167. The van der Waals surface area contributed by atoms with E-state index in [1.165, 1.54) is 5.01 Å². The number of nitrogens with two attached hydrogens (primary N) is 1. The Morgan fingerprint density at radius 1 is 1.56 bits per heavy atom. The van der Waals surface area contributed by atoms with Crippen LogP contribution in [0.2, 0.25) is 0 Å². The highest BCUT2D eigenvalue weighted by Gasteiger charge is 2.46. The average molecular weight is 136 g/mol. The van der Waals surface area contributed by atoms with Crippen molar-refractivity contribution in [1.29, 1.82) is 0 Å². The van der Waals surface area contributed by atoms with Crippen LogP contribution in [0.25, 0.3) is 0 Å². The van der Waals surface area contributed by atoms with Crippen LogP contribution in [0, 0.1) is 0 Å². The first kappa shape index (κ1) is 6.89. The largest absolute Gasteiger partial charge is 0.269 e. The zero-order valence-corrected chi connectivity index (χ0v) is 5.27. The summed E-state index contributed by atoms with van der Waals surface area (Å²) in [7, 11) is 1.61. The number of halogens is 2. The fraction of sp³-hybridized carbons (Fsp3) is 1.00. The number of alkyl halides is 2. The summed E-state index contributed by atoms with van der Waals surface area (Å²) in [6.45, 7) is 0. The molecule has 0 bridgehead atoms. The summed E-state index contributed by atoms with van der Waals surface area (Å²) in [4.78, 5) is 0. The van der Waals surface area contributed by atoms with Gasteiger partial charge in [0, 0.05) is 25.9 Å². The molecule has 1 saturated carbocycles. The molecule has 0 radical (unpaired) electrons. The van der Waals surface area contributed by atoms with Crippen molar-refractivity contribution in [3.05, 3.63) is 0 Å². The van der Waals surface area contributed by atoms with E-state index < -0.39 is 5.92 Å². The summed E-state index contributed by atoms with van der Waals surface area (Å²) >= 11 is 0. The second-order valence-electron chi connectivity index (χ2n) is 2.58. The van der Waals surface area contributed by atoms with Gasteiger partial charge in [0.2, 0.25) is 0 Å². The second kappa shape index (κ2) is 1.88. The molecule has 1 fully saturated rings. The van der Waals surface area contributed by atoms with E-state index in [9.17, 15) is 8.78 Å². The molecule has 4 heteroatoms. The van der Waals surface area contributed by atoms with Gasteiger partial charge in [0.15, 0.2) is 0 Å². The van der Waals surface area contributed by atoms with Gasteiger partial charge in [-0.25, -0.2) is 13.8 Å². The SMILES string of the molecule is CN(N)C1CC(F)(F)C1. The molecule has 54 valence electrons. The Balaban J connectivity index is 2.27. The van der Waals surface area contributed by atoms with Crippen molar-refractivity contribution in [3.63, 3.8) is 0 Å². The van der Waals surface area contributed by atoms with Crippen LogP contribution < -0.4 is 5.84 Å². The van der Waals surface area contributed by atoms with Crippen LogP contribution in [0.1, 0.15) is 12.8 Å². The first-order chi connectivity index (χ1) is 4.01. The van der Waals surface area contributed by atoms with E-state index in [0.29, 0.717) is 0 Å². The van der Waals surface area contributed by atoms with Gasteiger partial charge in [-0.05, 0) is 0 Å². The van der Waals surface area contributed by atoms with Crippen molar-refractivity contribution in [3.8, 4) is 0 Å². The van der Waals surface area contributed by atoms with Crippen molar-refractivity contribution in [2.75, 3.05) is 7.05 Å². The first-order valence-electron chi connectivity index (χ1n) is 2.87. The summed E-state index contributed by atoms with van der Waals surface area (Å²) in [6, 6.07) is -0.111. The van der Waals surface area contributed by atoms with E-state index in [1.54, 1.807) is 7.05 Å². The predicted octanol–water partition coefficient (Wildman–Crippen LogP) is 0.590. The van der Waals surface area contributed by atoms with Crippen LogP contribution >= 0.6 is 0 Å². The maximum absolute atomic E-state index is 12.1. The standard InChI is InChI=1S/C5H10F2N2/c1-9(8)4-2-5(6,7)3-4/h4H,2-3,8H2,1H3. The molecule has 0 atom stereocenters. The molecule has 0 aromatic heterocycles. The second-order valence-corrected chi connectivity index (χ2v) is 2.58. The lowest BCUT2D eigenvalue weighted by atomic mass is 9.88. The van der Waals surface area contributed by atoms with Gasteiger partial charge in [0.1, 0.15) is 0 Å². The molecule has 0 amide bonds. The van der Waals surface area contributed by atoms with Crippen LogP contribution in [0.15, 0.2) is 0 Å². The van der Waals surface area contributed by atoms with Crippen molar-refractivity contribution >= 4 is 0 Å². The molecule has 0 saturated heterocycles. The molecule has 0 heterocycles. The smallest absolute Gasteiger partial charge is 0.251 e. The topological polar surface area (TPSA) is 29.3 Å². The van der Waals surface area contributed by atoms with E-state index in [0.717, 1.165) is 0 Å². The Kier molecular flexibility index (Phi) is 1.44. The summed E-state index contributed by atoms with van der Waals surface area (Å²) < 4.78 is 24.1. The molecule has 1 aliphatic rings. The summed E-state index contributed by atoms with van der Waals surface area (Å²) in [5, 5.41) is 1.34. The maximum atomic E-state index is 12.1. The van der Waals surface area contributed by atoms with Crippen molar-refractivity contribution in [2.45, 2.75) is 24.8 Å². The van der Waals surface area contributed by atoms with E-state index >= 15 is 0 Å². The molecular weight excluding hydrogens is 126 g/mol. The summed E-state index contributed by atoms with van der Waals surface area (Å²) in [5.41, 5.74) is 0. The highest BCUT2D eigenvalue weighted by molar-refractivity contribution is 4.90. The van der Waals surface area contributed by atoms with Crippen LogP contribution in [-0.4, -0.2) is 24.0 Å². The zero-order chi connectivity index (χ0) is 7.07. The van der Waals surface area contributed by atoms with E-state index in [2.05, 4.69) is 0 Å². The summed E-state index contributed by atoms with van der Waals surface area (Å²) in [5.74, 6) is 2.77. The quantitative estimate of drug-likeness (QED) is 0.422. The predicted molar refractivity (Wildman–Crippen MR) is 29.9 cm³/mol. The minimum absolute atomic E-state index is 0.0833. The number of hydrogen-bond acceptors (Lipinski definition) is 2. The highest BCUT2D eigenvalue weighted by Crippen LogP contribution is 2.38. The van der Waals surface area contributed by atoms with E-state index in [4.69, 9.17) is 5.84 Å². The Hall–Kier alpha value is -0.220. The molecule has 2 nitrogen and oxygen atoms in total. The lowest BCUT2D eigenvalue weighted by Crippen LogP contribution is -2.51. The minimum atomic E-state index is -2.45. The Labute approximate surface area is 52.6 Å². The molecule has 0 spiro atoms. The molecule has 0 aliphatic heterocycles. The van der Waals surface area contributed by atoms with Crippen molar-refractivity contribution < 1.29 is 8.78 Å². The van der Waals surface area contributed by atoms with Gasteiger partial charge in [-0.15, -0.1) is 0 Å². The molecular formula is C5H10F2N2. The van der Waals surface area contributed by atoms with Crippen LogP contribution in [0.4, 0.5) is 8.78 Å². The minimum Gasteiger partial charge on any atom is -0.269 e. The van der Waals surface area contributed by atoms with Crippen LogP contribution in [-0.2, 0) is 0 Å². The van der Waals surface area contributed by atoms with E-state index in [-0.39, 0.29) is 18.9 Å². The zero-order valence-electron chi connectivity index (χ0n) is 5.27. The van der Waals surface area contributed by atoms with Crippen LogP contribution in [0.3, 0.4) is 0 Å². The van der Waals surface area contributed by atoms with Crippen molar-refractivity contribution in [2.24, 2.45) is 5.84 Å². The third-order valence-corrected chi connectivity index (χ3v) is 1.64. The molecule has 0 aromatic rings. The number of rotatable bonds is 1. The van der Waals surface area contributed by atoms with E-state index in [1.807, 2.05) is 0 Å². The van der Waals surface area contributed by atoms with Gasteiger partial charge in [0.05, 0.1) is 0 Å². The monoisotopic (exact) mass is 136 g/mol. The van der Waals surface area contributed by atoms with Crippen LogP contribution in [0.5, 0.6) is 0 Å². The normalized spacial score (nSPS) is 26.3. The van der Waals surface area contributed by atoms with Gasteiger partial charge in [-0.2, -0.15) is 0 Å².